The van der Waals surface area contributed by atoms with Crippen LogP contribution in [0, 0.1) is 0 Å². The second-order valence-corrected chi connectivity index (χ2v) is 4.15. The second-order valence-electron chi connectivity index (χ2n) is 3.77. The van der Waals surface area contributed by atoms with Crippen LogP contribution in [0.5, 0.6) is 0 Å². The van der Waals surface area contributed by atoms with E-state index >= 15 is 0 Å². The van der Waals surface area contributed by atoms with E-state index in [1.807, 2.05) is 0 Å². The monoisotopic (exact) mass is 205 g/mol. The van der Waals surface area contributed by atoms with Gasteiger partial charge in [0.05, 0.1) is 6.10 Å². The van der Waals surface area contributed by atoms with Gasteiger partial charge in [0.25, 0.3) is 0 Å². The van der Waals surface area contributed by atoms with Crippen LogP contribution in [0.25, 0.3) is 0 Å². The third-order valence-corrected chi connectivity index (χ3v) is 2.73. The normalized spacial score (nSPS) is 22.8. The lowest BCUT2D eigenvalue weighted by atomic mass is 10.1. The Kier molecular flexibility index (Phi) is 5.76. The van der Waals surface area contributed by atoms with E-state index in [1.165, 1.54) is 25.7 Å². The van der Waals surface area contributed by atoms with Gasteiger partial charge in [-0.25, -0.2) is 0 Å². The topological polar surface area (TPSA) is 12.5 Å². The summed E-state index contributed by atoms with van der Waals surface area (Å²) in [6, 6.07) is 0. The highest BCUT2D eigenvalue weighted by Gasteiger charge is 2.14. The molecule has 1 atom stereocenters. The van der Waals surface area contributed by atoms with Crippen LogP contribution in [-0.4, -0.2) is 43.6 Å². The van der Waals surface area contributed by atoms with Gasteiger partial charge < -0.3 is 9.64 Å². The van der Waals surface area contributed by atoms with Crippen molar-refractivity contribution in [1.82, 2.24) is 4.90 Å². The van der Waals surface area contributed by atoms with E-state index in [9.17, 15) is 0 Å². The molecule has 1 saturated heterocycles. The summed E-state index contributed by atoms with van der Waals surface area (Å²) in [6.07, 6.45) is 5.51. The molecule has 0 aliphatic carbocycles. The van der Waals surface area contributed by atoms with Crippen molar-refractivity contribution in [3.05, 3.63) is 0 Å². The first-order valence-corrected chi connectivity index (χ1v) is 5.72. The van der Waals surface area contributed by atoms with Gasteiger partial charge in [0.1, 0.15) is 0 Å². The van der Waals surface area contributed by atoms with Crippen molar-refractivity contribution in [3.8, 4) is 0 Å². The molecule has 1 unspecified atom stereocenters. The largest absolute Gasteiger partial charge is 0.378 e. The Morgan fingerprint density at radius 3 is 2.92 bits per heavy atom. The molecule has 0 aromatic heterocycles. The molecule has 0 bridgehead atoms. The summed E-state index contributed by atoms with van der Waals surface area (Å²) in [4.78, 5) is 2.28. The van der Waals surface area contributed by atoms with Gasteiger partial charge >= 0.3 is 0 Å². The average molecular weight is 206 g/mol. The number of ether oxygens (including phenoxy) is 1. The maximum Gasteiger partial charge on any atom is 0.0576 e. The van der Waals surface area contributed by atoms with Crippen molar-refractivity contribution in [1.29, 1.82) is 0 Å². The molecule has 1 rings (SSSR count). The molecule has 1 fully saturated rings. The number of nitrogens with zero attached hydrogens (tertiary/aromatic N) is 1. The van der Waals surface area contributed by atoms with Crippen LogP contribution in [0.3, 0.4) is 0 Å². The van der Waals surface area contributed by atoms with Crippen LogP contribution < -0.4 is 0 Å². The van der Waals surface area contributed by atoms with E-state index in [-0.39, 0.29) is 0 Å². The fourth-order valence-corrected chi connectivity index (χ4v) is 2.01. The zero-order chi connectivity index (χ0) is 9.52. The van der Waals surface area contributed by atoms with Crippen LogP contribution in [0.2, 0.25) is 0 Å². The highest BCUT2D eigenvalue weighted by Crippen LogP contribution is 2.16. The van der Waals surface area contributed by atoms with Crippen LogP contribution in [0.1, 0.15) is 25.7 Å². The predicted octanol–water partition coefficient (Wildman–Crippen LogP) is 2.12. The summed E-state index contributed by atoms with van der Waals surface area (Å²) in [5.74, 6) is 0.733. The fraction of sp³-hybridized carbons (Fsp3) is 1.00. The number of rotatable bonds is 6. The van der Waals surface area contributed by atoms with Crippen molar-refractivity contribution in [2.45, 2.75) is 31.8 Å². The van der Waals surface area contributed by atoms with Gasteiger partial charge in [-0.2, -0.15) is 0 Å². The van der Waals surface area contributed by atoms with Crippen LogP contribution >= 0.6 is 11.6 Å². The summed E-state index contributed by atoms with van der Waals surface area (Å²) in [5.41, 5.74) is 0. The second kappa shape index (κ2) is 6.63. The Balaban J connectivity index is 1.93. The first-order chi connectivity index (χ1) is 6.33. The molecule has 1 heterocycles. The summed E-state index contributed by atoms with van der Waals surface area (Å²) in [6.45, 7) is 3.11. The van der Waals surface area contributed by atoms with Gasteiger partial charge in [0, 0.05) is 19.0 Å². The molecule has 0 radical (unpaired) electrons. The lowest BCUT2D eigenvalue weighted by Gasteiger charge is -2.16. The van der Waals surface area contributed by atoms with E-state index in [0.717, 1.165) is 25.6 Å². The Morgan fingerprint density at radius 2 is 2.31 bits per heavy atom. The number of hydrogen-bond acceptors (Lipinski definition) is 2. The summed E-state index contributed by atoms with van der Waals surface area (Å²) in [7, 11) is 2.12. The van der Waals surface area contributed by atoms with Crippen molar-refractivity contribution in [3.63, 3.8) is 0 Å². The van der Waals surface area contributed by atoms with Crippen LogP contribution in [0.4, 0.5) is 0 Å². The highest BCUT2D eigenvalue weighted by molar-refractivity contribution is 6.18. The molecule has 1 aliphatic heterocycles. The van der Waals surface area contributed by atoms with Gasteiger partial charge in [-0.15, -0.1) is 11.6 Å². The van der Waals surface area contributed by atoms with E-state index in [2.05, 4.69) is 11.9 Å². The van der Waals surface area contributed by atoms with E-state index in [4.69, 9.17) is 16.3 Å². The third kappa shape index (κ3) is 4.84. The SMILES string of the molecule is CN(CCCl)CCCC1CCCO1. The molecule has 3 heteroatoms. The van der Waals surface area contributed by atoms with Gasteiger partial charge in [-0.1, -0.05) is 0 Å². The lowest BCUT2D eigenvalue weighted by Crippen LogP contribution is -2.22. The summed E-state index contributed by atoms with van der Waals surface area (Å²) in [5, 5.41) is 0. The van der Waals surface area contributed by atoms with Crippen LogP contribution in [0.15, 0.2) is 0 Å². The minimum absolute atomic E-state index is 0.546. The zero-order valence-corrected chi connectivity index (χ0v) is 9.22. The molecule has 0 N–H and O–H groups in total. The van der Waals surface area contributed by atoms with Crippen molar-refractivity contribution >= 4 is 11.6 Å². The Labute approximate surface area is 86.2 Å². The summed E-state index contributed by atoms with van der Waals surface area (Å²) < 4.78 is 5.55. The van der Waals surface area contributed by atoms with Gasteiger partial charge in [-0.05, 0) is 39.3 Å². The minimum Gasteiger partial charge on any atom is -0.378 e. The summed E-state index contributed by atoms with van der Waals surface area (Å²) >= 11 is 5.64. The first-order valence-electron chi connectivity index (χ1n) is 5.19. The Bertz CT molecular complexity index is 126. The molecule has 0 saturated carbocycles. The van der Waals surface area contributed by atoms with Crippen molar-refractivity contribution < 1.29 is 4.74 Å². The van der Waals surface area contributed by atoms with Crippen molar-refractivity contribution in [2.24, 2.45) is 0 Å². The lowest BCUT2D eigenvalue weighted by molar-refractivity contribution is 0.0999. The number of hydrogen-bond donors (Lipinski definition) is 0. The fourth-order valence-electron chi connectivity index (χ4n) is 1.72. The zero-order valence-electron chi connectivity index (χ0n) is 8.47. The van der Waals surface area contributed by atoms with E-state index in [0.29, 0.717) is 6.10 Å². The Hall–Kier alpha value is 0.210. The molecular weight excluding hydrogens is 186 g/mol. The quantitative estimate of drug-likeness (QED) is 0.616. The van der Waals surface area contributed by atoms with Crippen molar-refractivity contribution in [2.75, 3.05) is 32.6 Å². The molecule has 0 amide bonds. The smallest absolute Gasteiger partial charge is 0.0576 e. The molecule has 0 spiro atoms. The number of halogens is 1. The molecule has 0 aromatic rings. The Morgan fingerprint density at radius 1 is 1.46 bits per heavy atom. The van der Waals surface area contributed by atoms with Gasteiger partial charge in [-0.3, -0.25) is 0 Å². The number of alkyl halides is 1. The molecule has 2 nitrogen and oxygen atoms in total. The van der Waals surface area contributed by atoms with E-state index in [1.54, 1.807) is 0 Å². The maximum atomic E-state index is 5.64. The predicted molar refractivity (Wildman–Crippen MR) is 56.4 cm³/mol. The third-order valence-electron chi connectivity index (χ3n) is 2.56. The molecule has 13 heavy (non-hydrogen) atoms. The highest BCUT2D eigenvalue weighted by atomic mass is 35.5. The minimum atomic E-state index is 0.546. The van der Waals surface area contributed by atoms with E-state index < -0.39 is 0 Å². The molecule has 0 aromatic carbocycles. The average Bonchev–Trinajstić information content (AvgIpc) is 2.57. The molecular formula is C10H20ClNO. The van der Waals surface area contributed by atoms with Gasteiger partial charge in [0.2, 0.25) is 0 Å². The molecule has 78 valence electrons. The van der Waals surface area contributed by atoms with Crippen LogP contribution in [-0.2, 0) is 4.74 Å². The standard InChI is InChI=1S/C10H20ClNO/c1-12(8-6-11)7-2-4-10-5-3-9-13-10/h10H,2-9H2,1H3. The maximum absolute atomic E-state index is 5.64. The first kappa shape index (κ1) is 11.3. The molecule has 1 aliphatic rings. The van der Waals surface area contributed by atoms with Gasteiger partial charge in [0.15, 0.2) is 0 Å².